The molecule has 0 unspecified atom stereocenters. The Balaban J connectivity index is 2.96. The molecule has 0 aromatic carbocycles. The Morgan fingerprint density at radius 2 is 2.22 bits per heavy atom. The third kappa shape index (κ3) is 3.04. The molecular formula is C9H12ClN5O3. The van der Waals surface area contributed by atoms with E-state index in [4.69, 9.17) is 17.3 Å². The number of hydrogen-bond acceptors (Lipinski definition) is 6. The summed E-state index contributed by atoms with van der Waals surface area (Å²) < 4.78 is 0. The molecule has 3 N–H and O–H groups in total. The second-order valence-corrected chi connectivity index (χ2v) is 4.58. The minimum Gasteiger partial charge on any atom is -0.369 e. The number of amides is 1. The maximum atomic E-state index is 11.1. The van der Waals surface area contributed by atoms with Gasteiger partial charge in [-0.05, 0) is 13.8 Å². The quantitative estimate of drug-likeness (QED) is 0.468. The molecule has 8 nitrogen and oxygen atoms in total. The normalized spacial score (nSPS) is 11.1. The average molecular weight is 274 g/mol. The summed E-state index contributed by atoms with van der Waals surface area (Å²) in [5, 5.41) is 13.2. The topological polar surface area (TPSA) is 124 Å². The number of carbonyl (C=O) groups is 1. The van der Waals surface area contributed by atoms with Crippen molar-refractivity contribution in [1.29, 1.82) is 0 Å². The molecule has 0 aliphatic rings. The highest BCUT2D eigenvalue weighted by molar-refractivity contribution is 6.31. The number of halogens is 1. The highest BCUT2D eigenvalue weighted by atomic mass is 35.5. The van der Waals surface area contributed by atoms with Crippen LogP contribution in [0, 0.1) is 15.5 Å². The van der Waals surface area contributed by atoms with Crippen LogP contribution in [0.25, 0.3) is 0 Å². The zero-order chi connectivity index (χ0) is 13.9. The highest BCUT2D eigenvalue weighted by Crippen LogP contribution is 2.29. The lowest BCUT2D eigenvalue weighted by molar-refractivity contribution is -0.384. The Hall–Kier alpha value is -1.96. The van der Waals surface area contributed by atoms with Gasteiger partial charge in [-0.1, -0.05) is 11.6 Å². The molecule has 98 valence electrons. The van der Waals surface area contributed by atoms with Gasteiger partial charge in [0.05, 0.1) is 10.3 Å². The number of aromatic nitrogens is 2. The second kappa shape index (κ2) is 5.13. The van der Waals surface area contributed by atoms with E-state index in [0.717, 1.165) is 6.33 Å². The van der Waals surface area contributed by atoms with Gasteiger partial charge in [0.25, 0.3) is 0 Å². The molecule has 0 aliphatic carbocycles. The fourth-order valence-electron chi connectivity index (χ4n) is 1.04. The van der Waals surface area contributed by atoms with Crippen molar-refractivity contribution in [2.24, 2.45) is 11.1 Å². The van der Waals surface area contributed by atoms with Gasteiger partial charge >= 0.3 is 5.69 Å². The monoisotopic (exact) mass is 273 g/mol. The fourth-order valence-corrected chi connectivity index (χ4v) is 1.24. The van der Waals surface area contributed by atoms with Gasteiger partial charge in [-0.2, -0.15) is 0 Å². The molecule has 1 heterocycles. The van der Waals surface area contributed by atoms with Crippen molar-refractivity contribution in [3.05, 3.63) is 21.6 Å². The first-order valence-corrected chi connectivity index (χ1v) is 5.32. The van der Waals surface area contributed by atoms with Crippen LogP contribution in [0.5, 0.6) is 0 Å². The molecule has 0 spiro atoms. The van der Waals surface area contributed by atoms with Crippen LogP contribution in [0.15, 0.2) is 6.33 Å². The van der Waals surface area contributed by atoms with Gasteiger partial charge in [0, 0.05) is 6.54 Å². The molecule has 1 aromatic rings. The Morgan fingerprint density at radius 3 is 2.72 bits per heavy atom. The van der Waals surface area contributed by atoms with Crippen molar-refractivity contribution < 1.29 is 9.72 Å². The Labute approximate surface area is 108 Å². The molecule has 1 aromatic heterocycles. The summed E-state index contributed by atoms with van der Waals surface area (Å²) >= 11 is 5.61. The lowest BCUT2D eigenvalue weighted by Crippen LogP contribution is -2.37. The lowest BCUT2D eigenvalue weighted by Gasteiger charge is -2.20. The van der Waals surface area contributed by atoms with Crippen molar-refractivity contribution in [1.82, 2.24) is 9.97 Å². The summed E-state index contributed by atoms with van der Waals surface area (Å²) in [7, 11) is 0. The molecule has 0 saturated heterocycles. The van der Waals surface area contributed by atoms with E-state index in [1.165, 1.54) is 0 Å². The number of nitrogens with zero attached hydrogens (tertiary/aromatic N) is 3. The number of nitrogens with one attached hydrogen (secondary N) is 1. The molecule has 0 radical (unpaired) electrons. The summed E-state index contributed by atoms with van der Waals surface area (Å²) in [5.74, 6) is -0.577. The fraction of sp³-hybridized carbons (Fsp3) is 0.444. The summed E-state index contributed by atoms with van der Waals surface area (Å²) in [4.78, 5) is 28.5. The van der Waals surface area contributed by atoms with Gasteiger partial charge in [-0.25, -0.2) is 9.97 Å². The van der Waals surface area contributed by atoms with E-state index in [0.29, 0.717) is 0 Å². The van der Waals surface area contributed by atoms with E-state index >= 15 is 0 Å². The minimum atomic E-state index is -0.870. The van der Waals surface area contributed by atoms with Crippen LogP contribution >= 0.6 is 11.6 Å². The zero-order valence-corrected chi connectivity index (χ0v) is 10.6. The number of rotatable bonds is 5. The van der Waals surface area contributed by atoms with Gasteiger partial charge in [-0.3, -0.25) is 14.9 Å². The van der Waals surface area contributed by atoms with Gasteiger partial charge in [0.2, 0.25) is 16.9 Å². The van der Waals surface area contributed by atoms with Crippen molar-refractivity contribution in [2.45, 2.75) is 13.8 Å². The highest BCUT2D eigenvalue weighted by Gasteiger charge is 2.27. The number of carbonyl (C=O) groups excluding carboxylic acids is 1. The minimum absolute atomic E-state index is 0.0469. The molecular weight excluding hydrogens is 262 g/mol. The Bertz CT molecular complexity index is 491. The summed E-state index contributed by atoms with van der Waals surface area (Å²) in [6, 6.07) is 0. The molecule has 0 atom stereocenters. The van der Waals surface area contributed by atoms with Crippen LogP contribution in [0.3, 0.4) is 0 Å². The van der Waals surface area contributed by atoms with Crippen molar-refractivity contribution >= 4 is 29.0 Å². The van der Waals surface area contributed by atoms with E-state index in [1.807, 2.05) is 0 Å². The van der Waals surface area contributed by atoms with Crippen LogP contribution in [-0.4, -0.2) is 27.3 Å². The second-order valence-electron chi connectivity index (χ2n) is 4.22. The number of nitrogens with two attached hydrogens (primary N) is 1. The summed E-state index contributed by atoms with van der Waals surface area (Å²) in [5.41, 5.74) is 3.89. The third-order valence-corrected chi connectivity index (χ3v) is 2.60. The van der Waals surface area contributed by atoms with Crippen LogP contribution < -0.4 is 11.1 Å². The van der Waals surface area contributed by atoms with E-state index in [1.54, 1.807) is 13.8 Å². The average Bonchev–Trinajstić information content (AvgIpc) is 2.25. The van der Waals surface area contributed by atoms with Crippen LogP contribution in [0.2, 0.25) is 5.15 Å². The Kier molecular flexibility index (Phi) is 4.02. The van der Waals surface area contributed by atoms with E-state index in [9.17, 15) is 14.9 Å². The van der Waals surface area contributed by atoms with Gasteiger partial charge < -0.3 is 11.1 Å². The first kappa shape index (κ1) is 14.1. The van der Waals surface area contributed by atoms with Gasteiger partial charge in [0.15, 0.2) is 0 Å². The maximum absolute atomic E-state index is 11.1. The first-order chi connectivity index (χ1) is 8.25. The number of anilines is 1. The molecule has 0 saturated carbocycles. The molecule has 0 fully saturated rings. The predicted molar refractivity (Wildman–Crippen MR) is 65.2 cm³/mol. The zero-order valence-electron chi connectivity index (χ0n) is 9.81. The van der Waals surface area contributed by atoms with Gasteiger partial charge in [0.1, 0.15) is 6.33 Å². The molecule has 0 aliphatic heterocycles. The molecule has 9 heteroatoms. The van der Waals surface area contributed by atoms with Crippen LogP contribution in [-0.2, 0) is 4.79 Å². The van der Waals surface area contributed by atoms with E-state index in [-0.39, 0.29) is 17.5 Å². The SMILES string of the molecule is CC(C)(CNc1ncnc(Cl)c1[N+](=O)[O-])C(N)=O. The molecule has 18 heavy (non-hydrogen) atoms. The standard InChI is InChI=1S/C9H12ClN5O3/c1-9(2,8(11)16)3-12-7-5(15(17)18)6(10)13-4-14-7/h4H,3H2,1-2H3,(H2,11,16)(H,12,13,14). The number of hydrogen-bond donors (Lipinski definition) is 2. The van der Waals surface area contributed by atoms with Gasteiger partial charge in [-0.15, -0.1) is 0 Å². The maximum Gasteiger partial charge on any atom is 0.348 e. The van der Waals surface area contributed by atoms with Crippen molar-refractivity contribution in [3.63, 3.8) is 0 Å². The molecule has 1 rings (SSSR count). The van der Waals surface area contributed by atoms with E-state index < -0.39 is 21.9 Å². The summed E-state index contributed by atoms with van der Waals surface area (Å²) in [6.07, 6.45) is 1.09. The summed E-state index contributed by atoms with van der Waals surface area (Å²) in [6.45, 7) is 3.31. The first-order valence-electron chi connectivity index (χ1n) is 4.94. The number of primary amides is 1. The van der Waals surface area contributed by atoms with Crippen molar-refractivity contribution in [2.75, 3.05) is 11.9 Å². The largest absolute Gasteiger partial charge is 0.369 e. The van der Waals surface area contributed by atoms with E-state index in [2.05, 4.69) is 15.3 Å². The van der Waals surface area contributed by atoms with Crippen LogP contribution in [0.1, 0.15) is 13.8 Å². The Morgan fingerprint density at radius 1 is 1.61 bits per heavy atom. The van der Waals surface area contributed by atoms with Crippen molar-refractivity contribution in [3.8, 4) is 0 Å². The molecule has 1 amide bonds. The number of nitro groups is 1. The smallest absolute Gasteiger partial charge is 0.348 e. The lowest BCUT2D eigenvalue weighted by atomic mass is 9.93. The molecule has 0 bridgehead atoms. The van der Waals surface area contributed by atoms with Crippen LogP contribution in [0.4, 0.5) is 11.5 Å². The third-order valence-electron chi connectivity index (χ3n) is 2.33. The predicted octanol–water partition coefficient (Wildman–Crippen LogP) is 0.962.